The van der Waals surface area contributed by atoms with E-state index in [-0.39, 0.29) is 62.6 Å². The van der Waals surface area contributed by atoms with E-state index >= 15 is 0 Å². The third-order valence-corrected chi connectivity index (χ3v) is 4.61. The molecule has 1 aliphatic heterocycles. The third kappa shape index (κ3) is 4.17. The Morgan fingerprint density at radius 1 is 1.29 bits per heavy atom. The van der Waals surface area contributed by atoms with Gasteiger partial charge in [-0.2, -0.15) is 5.71 Å². The number of ether oxygens (including phenoxy) is 1. The van der Waals surface area contributed by atoms with Gasteiger partial charge in [0.2, 0.25) is 0 Å². The molecular formula is C17H27KN2O. The van der Waals surface area contributed by atoms with Crippen LogP contribution in [0.2, 0.25) is 0 Å². The molecule has 2 rings (SSSR count). The average Bonchev–Trinajstić information content (AvgIpc) is 2.47. The van der Waals surface area contributed by atoms with Gasteiger partial charge in [-0.3, -0.25) is 4.99 Å². The molecule has 21 heavy (non-hydrogen) atoms. The van der Waals surface area contributed by atoms with Crippen LogP contribution in [0.3, 0.4) is 0 Å². The molecule has 0 fully saturated rings. The summed E-state index contributed by atoms with van der Waals surface area (Å²) in [5, 5.41) is 9.77. The second kappa shape index (κ2) is 8.78. The van der Waals surface area contributed by atoms with E-state index in [1.807, 2.05) is 19.9 Å². The molecule has 1 aliphatic carbocycles. The maximum atomic E-state index is 9.77. The van der Waals surface area contributed by atoms with Crippen LogP contribution in [-0.4, -0.2) is 24.1 Å². The van der Waals surface area contributed by atoms with E-state index in [0.717, 1.165) is 17.7 Å². The van der Waals surface area contributed by atoms with Crippen molar-refractivity contribution < 1.29 is 56.1 Å². The number of nitrogens with zero attached hydrogens (tertiary/aromatic N) is 2. The summed E-state index contributed by atoms with van der Waals surface area (Å²) in [5.41, 5.74) is 2.19. The molecule has 0 N–H and O–H groups in total. The zero-order valence-electron chi connectivity index (χ0n) is 14.8. The molecule has 112 valence electrons. The molecule has 3 unspecified atom stereocenters. The summed E-state index contributed by atoms with van der Waals surface area (Å²) in [6.45, 7) is 12.8. The number of fused-ring (bicyclic) bond motifs is 1. The van der Waals surface area contributed by atoms with Crippen molar-refractivity contribution >= 4 is 11.4 Å². The van der Waals surface area contributed by atoms with E-state index < -0.39 is 0 Å². The van der Waals surface area contributed by atoms with Crippen LogP contribution in [0.1, 0.15) is 48.0 Å². The van der Waals surface area contributed by atoms with Crippen LogP contribution < -0.4 is 51.4 Å². The number of rotatable bonds is 2. The predicted molar refractivity (Wildman–Crippen MR) is 87.3 cm³/mol. The van der Waals surface area contributed by atoms with Gasteiger partial charge in [0.05, 0.1) is 12.6 Å². The quantitative estimate of drug-likeness (QED) is 0.561. The Labute approximate surface area is 172 Å². The van der Waals surface area contributed by atoms with Crippen molar-refractivity contribution in [2.24, 2.45) is 16.8 Å². The summed E-state index contributed by atoms with van der Waals surface area (Å²) in [5.74, 6) is 1.48. The molecule has 0 aromatic rings. The van der Waals surface area contributed by atoms with Crippen molar-refractivity contribution in [3.05, 3.63) is 28.9 Å². The van der Waals surface area contributed by atoms with Gasteiger partial charge in [0.1, 0.15) is 11.5 Å². The van der Waals surface area contributed by atoms with Crippen molar-refractivity contribution in [2.75, 3.05) is 7.11 Å². The minimum absolute atomic E-state index is 0. The molecule has 0 aromatic heterocycles. The Balaban J connectivity index is 0.00000128. The summed E-state index contributed by atoms with van der Waals surface area (Å²) in [6.07, 6.45) is 4.46. The maximum absolute atomic E-state index is 9.77. The summed E-state index contributed by atoms with van der Waals surface area (Å²) >= 11 is 0. The summed E-state index contributed by atoms with van der Waals surface area (Å²) in [7, 11) is 1.62. The Morgan fingerprint density at radius 3 is 2.33 bits per heavy atom. The number of hydrogen-bond donors (Lipinski definition) is 0. The molecule has 3 atom stereocenters. The topological polar surface area (TPSA) is 43.9 Å². The molecule has 1 heterocycles. The second-order valence-corrected chi connectivity index (χ2v) is 5.49. The first-order valence-electron chi connectivity index (χ1n) is 7.56. The van der Waals surface area contributed by atoms with Gasteiger partial charge in [-0.15, -0.1) is 0 Å². The van der Waals surface area contributed by atoms with Crippen LogP contribution >= 0.6 is 0 Å². The van der Waals surface area contributed by atoms with Crippen LogP contribution in [0.5, 0.6) is 0 Å². The van der Waals surface area contributed by atoms with Crippen LogP contribution in [0, 0.1) is 11.8 Å². The van der Waals surface area contributed by atoms with E-state index in [2.05, 4.69) is 27.7 Å². The van der Waals surface area contributed by atoms with Crippen molar-refractivity contribution in [2.45, 2.75) is 53.5 Å². The van der Waals surface area contributed by atoms with E-state index in [0.29, 0.717) is 17.6 Å². The summed E-state index contributed by atoms with van der Waals surface area (Å²) in [6, 6.07) is 0. The first kappa shape index (κ1) is 21.3. The van der Waals surface area contributed by atoms with Crippen molar-refractivity contribution in [1.29, 1.82) is 0 Å². The molecule has 0 saturated carbocycles. The van der Waals surface area contributed by atoms with Crippen LogP contribution in [0.15, 0.2) is 28.5 Å². The second-order valence-electron chi connectivity index (χ2n) is 5.49. The monoisotopic (exact) mass is 314 g/mol. The molecule has 4 heteroatoms. The number of methoxy groups -OCH3 is 1. The average molecular weight is 315 g/mol. The van der Waals surface area contributed by atoms with Crippen LogP contribution in [0.4, 0.5) is 0 Å². The zero-order valence-corrected chi connectivity index (χ0v) is 17.9. The fraction of sp³-hybridized carbons (Fsp3) is 0.647. The molecule has 0 saturated heterocycles. The fourth-order valence-corrected chi connectivity index (χ4v) is 2.80. The molecular weight excluding hydrogens is 287 g/mol. The van der Waals surface area contributed by atoms with E-state index in [1.54, 1.807) is 13.2 Å². The van der Waals surface area contributed by atoms with Gasteiger partial charge >= 0.3 is 51.4 Å². The van der Waals surface area contributed by atoms with Crippen LogP contribution in [0.25, 0.3) is 5.41 Å². The van der Waals surface area contributed by atoms with Crippen molar-refractivity contribution in [1.82, 2.24) is 0 Å². The largest absolute Gasteiger partial charge is 1.00 e. The van der Waals surface area contributed by atoms with Crippen molar-refractivity contribution in [3.8, 4) is 0 Å². The number of allylic oxidation sites excluding steroid dienone is 3. The molecule has 0 bridgehead atoms. The molecule has 0 aromatic carbocycles. The van der Waals surface area contributed by atoms with Gasteiger partial charge in [-0.25, -0.2) is 0 Å². The van der Waals surface area contributed by atoms with Gasteiger partial charge < -0.3 is 10.1 Å². The Morgan fingerprint density at radius 2 is 1.86 bits per heavy atom. The van der Waals surface area contributed by atoms with Crippen molar-refractivity contribution in [3.63, 3.8) is 0 Å². The molecule has 2 aliphatic rings. The number of hydrogen-bond acceptors (Lipinski definition) is 2. The number of aliphatic imine (C=N–C) groups is 1. The van der Waals surface area contributed by atoms with Gasteiger partial charge in [0.15, 0.2) is 0 Å². The zero-order chi connectivity index (χ0) is 15.5. The molecule has 0 amide bonds. The van der Waals surface area contributed by atoms with Gasteiger partial charge in [0, 0.05) is 0 Å². The van der Waals surface area contributed by atoms with Gasteiger partial charge in [-0.1, -0.05) is 40.7 Å². The summed E-state index contributed by atoms with van der Waals surface area (Å²) < 4.78 is 5.36. The third-order valence-electron chi connectivity index (χ3n) is 4.61. The van der Waals surface area contributed by atoms with E-state index in [4.69, 9.17) is 9.73 Å². The smallest absolute Gasteiger partial charge is 0.804 e. The van der Waals surface area contributed by atoms with E-state index in [1.165, 1.54) is 0 Å². The molecule has 0 spiro atoms. The first-order valence-corrected chi connectivity index (χ1v) is 7.56. The SMILES string of the molecule is CC.CCC1(C)N=C2C(OC)=CC(=[N-])C=C2C(C)C1C.[K+]. The molecule has 3 nitrogen and oxygen atoms in total. The molecule has 0 radical (unpaired) electrons. The minimum atomic E-state index is -0.0589. The van der Waals surface area contributed by atoms with E-state index in [9.17, 15) is 5.41 Å². The predicted octanol–water partition coefficient (Wildman–Crippen LogP) is 1.39. The van der Waals surface area contributed by atoms with Gasteiger partial charge in [0.25, 0.3) is 0 Å². The first-order chi connectivity index (χ1) is 9.42. The Hall–Kier alpha value is 0.256. The Kier molecular flexibility index (Phi) is 8.88. The van der Waals surface area contributed by atoms with Crippen LogP contribution in [-0.2, 0) is 4.74 Å². The maximum Gasteiger partial charge on any atom is 1.00 e. The summed E-state index contributed by atoms with van der Waals surface area (Å²) in [4.78, 5) is 4.90. The van der Waals surface area contributed by atoms with Gasteiger partial charge in [-0.05, 0) is 36.8 Å². The Bertz CT molecular complexity index is 479. The fourth-order valence-electron chi connectivity index (χ4n) is 2.80. The minimum Gasteiger partial charge on any atom is -0.804 e. The normalized spacial score (nSPS) is 30.6. The standard InChI is InChI=1S/C15H21N2O.C2H6.K/c1-6-15(4)10(3)9(2)12-7-11(16)8-13(18-5)14(12)17-15;1-2;/h7-10H,6H2,1-5H3;1-2H3;/q-1;;+1.